The maximum absolute atomic E-state index is 5.28. The summed E-state index contributed by atoms with van der Waals surface area (Å²) in [6.07, 6.45) is 3.87. The van der Waals surface area contributed by atoms with Gasteiger partial charge < -0.3 is 14.8 Å². The molecule has 110 valence electrons. The predicted molar refractivity (Wildman–Crippen MR) is 85.8 cm³/mol. The van der Waals surface area contributed by atoms with E-state index < -0.39 is 0 Å². The van der Waals surface area contributed by atoms with E-state index in [0.29, 0.717) is 10.9 Å². The van der Waals surface area contributed by atoms with Gasteiger partial charge in [-0.3, -0.25) is 5.43 Å². The minimum atomic E-state index is 0.516. The molecule has 1 rings (SSSR count). The summed E-state index contributed by atoms with van der Waals surface area (Å²) >= 11 is 5.10. The topological polar surface area (TPSA) is 54.9 Å². The van der Waals surface area contributed by atoms with Crippen molar-refractivity contribution in [3.05, 3.63) is 23.8 Å². The van der Waals surface area contributed by atoms with Gasteiger partial charge in [-0.15, -0.1) is 0 Å². The number of benzene rings is 1. The van der Waals surface area contributed by atoms with E-state index in [1.165, 1.54) is 0 Å². The fraction of sp³-hybridized carbons (Fsp3) is 0.429. The van der Waals surface area contributed by atoms with Gasteiger partial charge in [-0.2, -0.15) is 5.10 Å². The van der Waals surface area contributed by atoms with Gasteiger partial charge in [-0.1, -0.05) is 13.3 Å². The van der Waals surface area contributed by atoms with Crippen LogP contribution in [0.3, 0.4) is 0 Å². The lowest BCUT2D eigenvalue weighted by Crippen LogP contribution is -2.32. The molecule has 0 spiro atoms. The summed E-state index contributed by atoms with van der Waals surface area (Å²) in [4.78, 5) is 0. The zero-order chi connectivity index (χ0) is 14.8. The second-order valence-corrected chi connectivity index (χ2v) is 4.50. The Balaban J connectivity index is 2.55. The van der Waals surface area contributed by atoms with Crippen LogP contribution in [0.5, 0.6) is 11.5 Å². The Hall–Kier alpha value is -1.82. The van der Waals surface area contributed by atoms with E-state index >= 15 is 0 Å². The fourth-order valence-corrected chi connectivity index (χ4v) is 1.66. The van der Waals surface area contributed by atoms with Crippen LogP contribution < -0.4 is 20.2 Å². The third-order valence-electron chi connectivity index (χ3n) is 2.63. The van der Waals surface area contributed by atoms with E-state index in [1.807, 2.05) is 12.1 Å². The number of nitrogens with zero attached hydrogens (tertiary/aromatic N) is 1. The van der Waals surface area contributed by atoms with Gasteiger partial charge in [0.25, 0.3) is 0 Å². The van der Waals surface area contributed by atoms with E-state index in [1.54, 1.807) is 26.5 Å². The Morgan fingerprint density at radius 3 is 2.80 bits per heavy atom. The molecular formula is C14H21N3O2S. The van der Waals surface area contributed by atoms with Gasteiger partial charge in [0.1, 0.15) is 11.5 Å². The number of hydrogen-bond acceptors (Lipinski definition) is 4. The van der Waals surface area contributed by atoms with Crippen LogP contribution in [0, 0.1) is 0 Å². The summed E-state index contributed by atoms with van der Waals surface area (Å²) in [7, 11) is 3.22. The molecule has 6 heteroatoms. The standard InChI is InChI=1S/C14H21N3O2S/c1-4-5-8-15-14(20)17-16-10-11-6-7-12(18-2)9-13(11)19-3/h6-7,9-10H,4-5,8H2,1-3H3,(H2,15,17,20)/b16-10+. The second-order valence-electron chi connectivity index (χ2n) is 4.09. The zero-order valence-electron chi connectivity index (χ0n) is 12.1. The molecule has 2 N–H and O–H groups in total. The van der Waals surface area contributed by atoms with Crippen LogP contribution in [0.15, 0.2) is 23.3 Å². The van der Waals surface area contributed by atoms with Crippen molar-refractivity contribution in [2.75, 3.05) is 20.8 Å². The number of ether oxygens (including phenoxy) is 2. The molecule has 0 radical (unpaired) electrons. The van der Waals surface area contributed by atoms with Gasteiger partial charge >= 0.3 is 0 Å². The average molecular weight is 295 g/mol. The number of hydrazone groups is 1. The van der Waals surface area contributed by atoms with Crippen LogP contribution in [0.1, 0.15) is 25.3 Å². The molecule has 1 aromatic rings. The maximum Gasteiger partial charge on any atom is 0.186 e. The van der Waals surface area contributed by atoms with Gasteiger partial charge in [0.2, 0.25) is 0 Å². The molecule has 1 aromatic carbocycles. The monoisotopic (exact) mass is 295 g/mol. The van der Waals surface area contributed by atoms with Crippen molar-refractivity contribution in [3.63, 3.8) is 0 Å². The molecule has 0 heterocycles. The van der Waals surface area contributed by atoms with Crippen molar-refractivity contribution in [1.82, 2.24) is 10.7 Å². The average Bonchev–Trinajstić information content (AvgIpc) is 2.47. The molecule has 0 amide bonds. The Labute approximate surface area is 125 Å². The number of nitrogens with one attached hydrogen (secondary N) is 2. The zero-order valence-corrected chi connectivity index (χ0v) is 12.9. The minimum Gasteiger partial charge on any atom is -0.497 e. The lowest BCUT2D eigenvalue weighted by molar-refractivity contribution is 0.394. The summed E-state index contributed by atoms with van der Waals surface area (Å²) in [5, 5.41) is 7.67. The van der Waals surface area contributed by atoms with Crippen LogP contribution in [0.25, 0.3) is 0 Å². The van der Waals surface area contributed by atoms with Gasteiger partial charge in [-0.25, -0.2) is 0 Å². The van der Waals surface area contributed by atoms with E-state index in [-0.39, 0.29) is 0 Å². The molecular weight excluding hydrogens is 274 g/mol. The highest BCUT2D eigenvalue weighted by Crippen LogP contribution is 2.22. The van der Waals surface area contributed by atoms with Crippen molar-refractivity contribution < 1.29 is 9.47 Å². The number of unbranched alkanes of at least 4 members (excludes halogenated alkanes) is 1. The lowest BCUT2D eigenvalue weighted by Gasteiger charge is -2.08. The lowest BCUT2D eigenvalue weighted by atomic mass is 10.2. The Bertz CT molecular complexity index is 464. The summed E-state index contributed by atoms with van der Waals surface area (Å²) in [5.41, 5.74) is 3.62. The predicted octanol–water partition coefficient (Wildman–Crippen LogP) is 2.30. The first-order valence-electron chi connectivity index (χ1n) is 6.50. The molecule has 0 atom stereocenters. The molecule has 0 aromatic heterocycles. The molecule has 0 aliphatic carbocycles. The number of rotatable bonds is 7. The van der Waals surface area contributed by atoms with E-state index in [0.717, 1.165) is 30.7 Å². The van der Waals surface area contributed by atoms with Crippen molar-refractivity contribution >= 4 is 23.5 Å². The summed E-state index contributed by atoms with van der Waals surface area (Å²) < 4.78 is 10.4. The largest absolute Gasteiger partial charge is 0.497 e. The maximum atomic E-state index is 5.28. The van der Waals surface area contributed by atoms with Crippen molar-refractivity contribution in [3.8, 4) is 11.5 Å². The van der Waals surface area contributed by atoms with Crippen LogP contribution >= 0.6 is 12.2 Å². The quantitative estimate of drug-likeness (QED) is 0.350. The third-order valence-corrected chi connectivity index (χ3v) is 2.86. The number of hydrogen-bond donors (Lipinski definition) is 2. The highest BCUT2D eigenvalue weighted by Gasteiger charge is 2.02. The minimum absolute atomic E-state index is 0.516. The Kier molecular flexibility index (Phi) is 7.42. The van der Waals surface area contributed by atoms with Gasteiger partial charge in [0, 0.05) is 18.2 Å². The first kappa shape index (κ1) is 16.2. The molecule has 0 fully saturated rings. The van der Waals surface area contributed by atoms with Crippen LogP contribution in [0.4, 0.5) is 0 Å². The highest BCUT2D eigenvalue weighted by atomic mass is 32.1. The highest BCUT2D eigenvalue weighted by molar-refractivity contribution is 7.80. The van der Waals surface area contributed by atoms with Gasteiger partial charge in [-0.05, 0) is 30.8 Å². The molecule has 0 aliphatic heterocycles. The first-order chi connectivity index (χ1) is 9.71. The summed E-state index contributed by atoms with van der Waals surface area (Å²) in [6, 6.07) is 5.53. The first-order valence-corrected chi connectivity index (χ1v) is 6.91. The van der Waals surface area contributed by atoms with Crippen LogP contribution in [-0.4, -0.2) is 32.1 Å². The van der Waals surface area contributed by atoms with E-state index in [2.05, 4.69) is 22.8 Å². The van der Waals surface area contributed by atoms with Crippen molar-refractivity contribution in [1.29, 1.82) is 0 Å². The van der Waals surface area contributed by atoms with Crippen LogP contribution in [0.2, 0.25) is 0 Å². The van der Waals surface area contributed by atoms with Crippen LogP contribution in [-0.2, 0) is 0 Å². The van der Waals surface area contributed by atoms with E-state index in [4.69, 9.17) is 21.7 Å². The fourth-order valence-electron chi connectivity index (χ4n) is 1.50. The molecule has 0 saturated carbocycles. The molecule has 0 aliphatic rings. The second kappa shape index (κ2) is 9.14. The molecule has 0 bridgehead atoms. The smallest absolute Gasteiger partial charge is 0.186 e. The Morgan fingerprint density at radius 1 is 1.35 bits per heavy atom. The molecule has 5 nitrogen and oxygen atoms in total. The molecule has 0 unspecified atom stereocenters. The number of thiocarbonyl (C=S) groups is 1. The van der Waals surface area contributed by atoms with Gasteiger partial charge in [0.05, 0.1) is 20.4 Å². The Morgan fingerprint density at radius 2 is 2.15 bits per heavy atom. The van der Waals surface area contributed by atoms with Gasteiger partial charge in [0.15, 0.2) is 5.11 Å². The summed E-state index contributed by atoms with van der Waals surface area (Å²) in [5.74, 6) is 1.43. The normalized spacial score (nSPS) is 10.3. The van der Waals surface area contributed by atoms with E-state index in [9.17, 15) is 0 Å². The SMILES string of the molecule is CCCCNC(=S)N/N=C/c1ccc(OC)cc1OC. The third kappa shape index (κ3) is 5.44. The van der Waals surface area contributed by atoms with Crippen molar-refractivity contribution in [2.24, 2.45) is 5.10 Å². The molecule has 0 saturated heterocycles. The number of methoxy groups -OCH3 is 2. The molecule has 20 heavy (non-hydrogen) atoms. The van der Waals surface area contributed by atoms with Crippen molar-refractivity contribution in [2.45, 2.75) is 19.8 Å². The summed E-state index contributed by atoms with van der Waals surface area (Å²) in [6.45, 7) is 2.98.